The molecule has 0 fully saturated rings. The summed E-state index contributed by atoms with van der Waals surface area (Å²) in [5, 5.41) is 3.96. The minimum atomic E-state index is -0.320. The zero-order valence-corrected chi connectivity index (χ0v) is 14.1. The zero-order valence-electron chi connectivity index (χ0n) is 14.1. The van der Waals surface area contributed by atoms with Gasteiger partial charge in [0, 0.05) is 12.6 Å². The summed E-state index contributed by atoms with van der Waals surface area (Å²) in [6, 6.07) is 13.7. The van der Waals surface area contributed by atoms with E-state index in [1.54, 1.807) is 19.2 Å². The number of carbonyl (C=O) groups excluding carboxylic acids is 1. The molecular weight excluding hydrogens is 321 g/mol. The number of aryl methyl sites for hydroxylation is 1. The normalized spacial score (nSPS) is 10.7. The van der Waals surface area contributed by atoms with Crippen molar-refractivity contribution in [2.24, 2.45) is 0 Å². The Hall–Kier alpha value is -3.02. The summed E-state index contributed by atoms with van der Waals surface area (Å²) in [5.74, 6) is 0.431. The number of benzene rings is 2. The topological polar surface area (TPSA) is 59.2 Å². The van der Waals surface area contributed by atoms with Crippen molar-refractivity contribution in [3.63, 3.8) is 0 Å². The molecule has 128 valence electrons. The number of carbonyl (C=O) groups is 1. The highest BCUT2D eigenvalue weighted by Gasteiger charge is 2.15. The van der Waals surface area contributed by atoms with Gasteiger partial charge in [0.1, 0.15) is 5.82 Å². The molecule has 2 aromatic carbocycles. The molecule has 0 bridgehead atoms. The Morgan fingerprint density at radius 2 is 1.80 bits per heavy atom. The van der Waals surface area contributed by atoms with E-state index >= 15 is 0 Å². The van der Waals surface area contributed by atoms with Crippen molar-refractivity contribution < 1.29 is 13.7 Å². The van der Waals surface area contributed by atoms with E-state index in [0.29, 0.717) is 11.7 Å². The van der Waals surface area contributed by atoms with Gasteiger partial charge in [0.15, 0.2) is 0 Å². The van der Waals surface area contributed by atoms with E-state index in [4.69, 9.17) is 4.52 Å². The summed E-state index contributed by atoms with van der Waals surface area (Å²) in [7, 11) is 1.67. The van der Waals surface area contributed by atoms with Crippen LogP contribution in [-0.4, -0.2) is 28.0 Å². The van der Waals surface area contributed by atoms with Crippen LogP contribution >= 0.6 is 0 Å². The second kappa shape index (κ2) is 7.25. The lowest BCUT2D eigenvalue weighted by Gasteiger charge is -2.14. The maximum absolute atomic E-state index is 12.9. The Bertz CT molecular complexity index is 857. The van der Waals surface area contributed by atoms with Crippen molar-refractivity contribution in [2.75, 3.05) is 7.05 Å². The number of nitrogens with zero attached hydrogens (tertiary/aromatic N) is 3. The standard InChI is InChI=1S/C19H18FN3O2/c1-13-3-7-15(8-4-13)19-21-17(25-22-19)12-23(2)18(24)11-14-5-9-16(20)10-6-14/h3-10H,11-12H2,1-2H3. The van der Waals surface area contributed by atoms with Gasteiger partial charge >= 0.3 is 0 Å². The first kappa shape index (κ1) is 16.8. The lowest BCUT2D eigenvalue weighted by Crippen LogP contribution is -2.27. The third-order valence-corrected chi connectivity index (χ3v) is 3.84. The van der Waals surface area contributed by atoms with E-state index < -0.39 is 0 Å². The molecule has 0 unspecified atom stereocenters. The van der Waals surface area contributed by atoms with Crippen LogP contribution in [-0.2, 0) is 17.8 Å². The van der Waals surface area contributed by atoms with Crippen molar-refractivity contribution in [3.05, 3.63) is 71.4 Å². The highest BCUT2D eigenvalue weighted by atomic mass is 19.1. The van der Waals surface area contributed by atoms with Crippen LogP contribution in [0.2, 0.25) is 0 Å². The third kappa shape index (κ3) is 4.29. The van der Waals surface area contributed by atoms with E-state index in [1.165, 1.54) is 17.0 Å². The number of likely N-dealkylation sites (N-methyl/N-ethyl adjacent to an activating group) is 1. The first-order valence-electron chi connectivity index (χ1n) is 7.89. The predicted octanol–water partition coefficient (Wildman–Crippen LogP) is 3.39. The van der Waals surface area contributed by atoms with Gasteiger partial charge in [-0.1, -0.05) is 47.1 Å². The van der Waals surface area contributed by atoms with Gasteiger partial charge in [0.25, 0.3) is 0 Å². The Morgan fingerprint density at radius 1 is 1.12 bits per heavy atom. The van der Waals surface area contributed by atoms with Crippen LogP contribution in [0.4, 0.5) is 4.39 Å². The van der Waals surface area contributed by atoms with Crippen molar-refractivity contribution in [2.45, 2.75) is 19.9 Å². The fraction of sp³-hybridized carbons (Fsp3) is 0.211. The lowest BCUT2D eigenvalue weighted by molar-refractivity contribution is -0.130. The zero-order chi connectivity index (χ0) is 17.8. The van der Waals surface area contributed by atoms with Crippen LogP contribution in [0, 0.1) is 12.7 Å². The molecule has 3 rings (SSSR count). The molecule has 1 heterocycles. The van der Waals surface area contributed by atoms with Crippen LogP contribution < -0.4 is 0 Å². The molecule has 0 saturated heterocycles. The minimum absolute atomic E-state index is 0.110. The molecule has 5 nitrogen and oxygen atoms in total. The van der Waals surface area contributed by atoms with Gasteiger partial charge in [-0.15, -0.1) is 0 Å². The molecule has 0 aliphatic heterocycles. The molecule has 3 aromatic rings. The molecule has 0 spiro atoms. The van der Waals surface area contributed by atoms with Crippen LogP contribution in [0.5, 0.6) is 0 Å². The summed E-state index contributed by atoms with van der Waals surface area (Å²) in [5.41, 5.74) is 2.77. The number of rotatable bonds is 5. The summed E-state index contributed by atoms with van der Waals surface area (Å²) >= 11 is 0. The van der Waals surface area contributed by atoms with Gasteiger partial charge in [0.2, 0.25) is 17.6 Å². The van der Waals surface area contributed by atoms with Gasteiger partial charge in [-0.05, 0) is 24.6 Å². The number of aromatic nitrogens is 2. The molecular formula is C19H18FN3O2. The molecule has 0 aliphatic carbocycles. The average molecular weight is 339 g/mol. The first-order chi connectivity index (χ1) is 12.0. The summed E-state index contributed by atoms with van der Waals surface area (Å²) < 4.78 is 18.1. The Kier molecular flexibility index (Phi) is 4.88. The van der Waals surface area contributed by atoms with Gasteiger partial charge in [-0.25, -0.2) is 4.39 Å². The number of amides is 1. The molecule has 1 aromatic heterocycles. The molecule has 6 heteroatoms. The minimum Gasteiger partial charge on any atom is -0.337 e. The van der Waals surface area contributed by atoms with Gasteiger partial charge in [-0.2, -0.15) is 4.98 Å². The Balaban J connectivity index is 1.62. The van der Waals surface area contributed by atoms with E-state index in [-0.39, 0.29) is 24.7 Å². The quantitative estimate of drug-likeness (QED) is 0.715. The van der Waals surface area contributed by atoms with Gasteiger partial charge in [-0.3, -0.25) is 4.79 Å². The molecule has 0 radical (unpaired) electrons. The average Bonchev–Trinajstić information content (AvgIpc) is 3.06. The van der Waals surface area contributed by atoms with Crippen LogP contribution in [0.1, 0.15) is 17.0 Å². The Labute approximate surface area is 145 Å². The predicted molar refractivity (Wildman–Crippen MR) is 91.0 cm³/mol. The van der Waals surface area contributed by atoms with Crippen molar-refractivity contribution in [1.82, 2.24) is 15.0 Å². The second-order valence-corrected chi connectivity index (χ2v) is 5.93. The van der Waals surface area contributed by atoms with E-state index in [0.717, 1.165) is 16.7 Å². The van der Waals surface area contributed by atoms with Crippen LogP contribution in [0.15, 0.2) is 53.1 Å². The van der Waals surface area contributed by atoms with Gasteiger partial charge < -0.3 is 9.42 Å². The summed E-state index contributed by atoms with van der Waals surface area (Å²) in [6.45, 7) is 2.23. The highest BCUT2D eigenvalue weighted by molar-refractivity contribution is 5.78. The summed E-state index contributed by atoms with van der Waals surface area (Å²) in [6.07, 6.45) is 0.190. The smallest absolute Gasteiger partial charge is 0.246 e. The van der Waals surface area contributed by atoms with Crippen molar-refractivity contribution >= 4 is 5.91 Å². The van der Waals surface area contributed by atoms with Gasteiger partial charge in [0.05, 0.1) is 13.0 Å². The van der Waals surface area contributed by atoms with Crippen molar-refractivity contribution in [1.29, 1.82) is 0 Å². The highest BCUT2D eigenvalue weighted by Crippen LogP contribution is 2.17. The van der Waals surface area contributed by atoms with Crippen molar-refractivity contribution in [3.8, 4) is 11.4 Å². The number of hydrogen-bond donors (Lipinski definition) is 0. The maximum Gasteiger partial charge on any atom is 0.246 e. The van der Waals surface area contributed by atoms with E-state index in [1.807, 2.05) is 31.2 Å². The Morgan fingerprint density at radius 3 is 2.48 bits per heavy atom. The van der Waals surface area contributed by atoms with E-state index in [9.17, 15) is 9.18 Å². The monoisotopic (exact) mass is 339 g/mol. The van der Waals surface area contributed by atoms with Crippen LogP contribution in [0.25, 0.3) is 11.4 Å². The second-order valence-electron chi connectivity index (χ2n) is 5.93. The summed E-state index contributed by atoms with van der Waals surface area (Å²) in [4.78, 5) is 18.1. The fourth-order valence-electron chi connectivity index (χ4n) is 2.34. The molecule has 0 saturated carbocycles. The fourth-order valence-corrected chi connectivity index (χ4v) is 2.34. The maximum atomic E-state index is 12.9. The molecule has 0 atom stereocenters. The third-order valence-electron chi connectivity index (χ3n) is 3.84. The molecule has 25 heavy (non-hydrogen) atoms. The lowest BCUT2D eigenvalue weighted by atomic mass is 10.1. The van der Waals surface area contributed by atoms with Crippen LogP contribution in [0.3, 0.4) is 0 Å². The number of halogens is 1. The molecule has 0 N–H and O–H groups in total. The molecule has 1 amide bonds. The number of hydrogen-bond acceptors (Lipinski definition) is 4. The molecule has 0 aliphatic rings. The SMILES string of the molecule is Cc1ccc(-c2noc(CN(C)C(=O)Cc3ccc(F)cc3)n2)cc1. The van der Waals surface area contributed by atoms with E-state index in [2.05, 4.69) is 10.1 Å². The first-order valence-corrected chi connectivity index (χ1v) is 7.89. The largest absolute Gasteiger partial charge is 0.337 e.